The van der Waals surface area contributed by atoms with Gasteiger partial charge in [0.05, 0.1) is 12.1 Å². The van der Waals surface area contributed by atoms with Gasteiger partial charge in [0.2, 0.25) is 5.91 Å². The molecule has 1 heterocycles. The minimum absolute atomic E-state index is 0.0431. The molecule has 154 valence electrons. The second-order valence-electron chi connectivity index (χ2n) is 7.25. The fourth-order valence-electron chi connectivity index (χ4n) is 3.54. The van der Waals surface area contributed by atoms with Crippen molar-refractivity contribution in [3.8, 4) is 5.75 Å². The molecule has 1 atom stereocenters. The first-order valence-electron chi connectivity index (χ1n) is 9.73. The van der Waals surface area contributed by atoms with Crippen LogP contribution in [0.2, 0.25) is 5.02 Å². The van der Waals surface area contributed by atoms with E-state index in [1.54, 1.807) is 30.2 Å². The number of carbonyl (C=O) groups excluding carboxylic acids is 2. The zero-order chi connectivity index (χ0) is 20.8. The van der Waals surface area contributed by atoms with Crippen LogP contribution in [0.1, 0.15) is 19.8 Å². The predicted molar refractivity (Wildman–Crippen MR) is 116 cm³/mol. The summed E-state index contributed by atoms with van der Waals surface area (Å²) in [5.41, 5.74) is 1.43. The van der Waals surface area contributed by atoms with Gasteiger partial charge in [-0.2, -0.15) is 0 Å². The molecular weight excluding hydrogens is 390 g/mol. The van der Waals surface area contributed by atoms with E-state index in [4.69, 9.17) is 16.3 Å². The lowest BCUT2D eigenvalue weighted by atomic mass is 9.85. The van der Waals surface area contributed by atoms with E-state index in [-0.39, 0.29) is 23.8 Å². The number of carbonyl (C=O) groups is 2. The number of hydrogen-bond acceptors (Lipinski definition) is 3. The van der Waals surface area contributed by atoms with E-state index in [1.165, 1.54) is 0 Å². The molecule has 29 heavy (non-hydrogen) atoms. The molecule has 0 spiro atoms. The van der Waals surface area contributed by atoms with Gasteiger partial charge in [-0.25, -0.2) is 4.79 Å². The second-order valence-corrected chi connectivity index (χ2v) is 7.66. The van der Waals surface area contributed by atoms with Crippen LogP contribution in [0.5, 0.6) is 5.75 Å². The molecule has 0 unspecified atom stereocenters. The van der Waals surface area contributed by atoms with Crippen molar-refractivity contribution < 1.29 is 14.3 Å². The molecule has 0 saturated carbocycles. The number of nitrogens with one attached hydrogen (secondary N) is 2. The van der Waals surface area contributed by atoms with E-state index in [9.17, 15) is 9.59 Å². The Kier molecular flexibility index (Phi) is 6.99. The number of benzene rings is 2. The van der Waals surface area contributed by atoms with E-state index >= 15 is 0 Å². The first-order valence-corrected chi connectivity index (χ1v) is 10.1. The predicted octanol–water partition coefficient (Wildman–Crippen LogP) is 4.87. The van der Waals surface area contributed by atoms with E-state index in [0.29, 0.717) is 29.5 Å². The Hall–Kier alpha value is -2.73. The highest BCUT2D eigenvalue weighted by Crippen LogP contribution is 2.29. The van der Waals surface area contributed by atoms with Gasteiger partial charge in [0, 0.05) is 30.4 Å². The zero-order valence-electron chi connectivity index (χ0n) is 16.7. The molecule has 6 nitrogen and oxygen atoms in total. The standard InChI is InChI=1S/C22H26ClN3O3/c1-15(21(27)24-18-8-9-20(29-2)19(23)14-18)16-10-12-26(13-11-16)22(28)25-17-6-4-3-5-7-17/h3-9,14-16H,10-13H2,1-2H3,(H,24,27)(H,25,28)/t15-/m1/s1. The lowest BCUT2D eigenvalue weighted by molar-refractivity contribution is -0.121. The second kappa shape index (κ2) is 9.65. The van der Waals surface area contributed by atoms with Crippen LogP contribution >= 0.6 is 11.6 Å². The zero-order valence-corrected chi connectivity index (χ0v) is 17.4. The molecule has 0 aromatic heterocycles. The molecule has 3 rings (SSSR count). The lowest BCUT2D eigenvalue weighted by Crippen LogP contribution is -2.43. The number of rotatable bonds is 5. The van der Waals surface area contributed by atoms with E-state index in [2.05, 4.69) is 10.6 Å². The fourth-order valence-corrected chi connectivity index (χ4v) is 3.80. The topological polar surface area (TPSA) is 70.7 Å². The number of halogens is 1. The van der Waals surface area contributed by atoms with Crippen molar-refractivity contribution in [1.82, 2.24) is 4.90 Å². The molecule has 1 aliphatic heterocycles. The molecule has 2 aromatic rings. The summed E-state index contributed by atoms with van der Waals surface area (Å²) in [6.45, 7) is 3.20. The maximum atomic E-state index is 12.7. The highest BCUT2D eigenvalue weighted by Gasteiger charge is 2.30. The fraction of sp³-hybridized carbons (Fsp3) is 0.364. The summed E-state index contributed by atoms with van der Waals surface area (Å²) in [6, 6.07) is 14.5. The summed E-state index contributed by atoms with van der Waals surface area (Å²) < 4.78 is 5.13. The minimum Gasteiger partial charge on any atom is -0.495 e. The molecule has 0 radical (unpaired) electrons. The third kappa shape index (κ3) is 5.41. The van der Waals surface area contributed by atoms with Crippen molar-refractivity contribution in [3.05, 3.63) is 53.6 Å². The number of amides is 3. The van der Waals surface area contributed by atoms with Crippen molar-refractivity contribution in [2.75, 3.05) is 30.8 Å². The van der Waals surface area contributed by atoms with E-state index in [0.717, 1.165) is 18.5 Å². The number of likely N-dealkylation sites (tertiary alicyclic amines) is 1. The van der Waals surface area contributed by atoms with Gasteiger partial charge in [0.15, 0.2) is 0 Å². The summed E-state index contributed by atoms with van der Waals surface area (Å²) in [6.07, 6.45) is 1.58. The smallest absolute Gasteiger partial charge is 0.321 e. The Labute approximate surface area is 176 Å². The van der Waals surface area contributed by atoms with Crippen molar-refractivity contribution >= 4 is 34.9 Å². The van der Waals surface area contributed by atoms with Crippen LogP contribution < -0.4 is 15.4 Å². The van der Waals surface area contributed by atoms with Gasteiger partial charge in [-0.1, -0.05) is 36.7 Å². The molecule has 7 heteroatoms. The normalized spacial score (nSPS) is 15.5. The average molecular weight is 416 g/mol. The molecular formula is C22H26ClN3O3. The van der Waals surface area contributed by atoms with Crippen LogP contribution in [0.4, 0.5) is 16.2 Å². The highest BCUT2D eigenvalue weighted by molar-refractivity contribution is 6.32. The largest absolute Gasteiger partial charge is 0.495 e. The van der Waals surface area contributed by atoms with E-state index in [1.807, 2.05) is 37.3 Å². The van der Waals surface area contributed by atoms with Crippen LogP contribution in [0.25, 0.3) is 0 Å². The SMILES string of the molecule is COc1ccc(NC(=O)[C@H](C)C2CCN(C(=O)Nc3ccccc3)CC2)cc1Cl. The number of methoxy groups -OCH3 is 1. The van der Waals surface area contributed by atoms with Gasteiger partial charge in [-0.05, 0) is 49.1 Å². The molecule has 1 aliphatic rings. The number of para-hydroxylation sites is 1. The van der Waals surface area contributed by atoms with Gasteiger partial charge in [-0.15, -0.1) is 0 Å². The Morgan fingerprint density at radius 1 is 1.07 bits per heavy atom. The third-order valence-electron chi connectivity index (χ3n) is 5.39. The Morgan fingerprint density at radius 2 is 1.76 bits per heavy atom. The molecule has 1 saturated heterocycles. The Balaban J connectivity index is 1.50. The van der Waals surface area contributed by atoms with Crippen molar-refractivity contribution in [2.24, 2.45) is 11.8 Å². The highest BCUT2D eigenvalue weighted by atomic mass is 35.5. The lowest BCUT2D eigenvalue weighted by Gasteiger charge is -2.34. The minimum atomic E-state index is -0.157. The molecule has 2 N–H and O–H groups in total. The number of piperidine rings is 1. The number of anilines is 2. The monoisotopic (exact) mass is 415 g/mol. The summed E-state index contributed by atoms with van der Waals surface area (Å²) in [7, 11) is 1.55. The van der Waals surface area contributed by atoms with Crippen molar-refractivity contribution in [3.63, 3.8) is 0 Å². The number of urea groups is 1. The van der Waals surface area contributed by atoms with Gasteiger partial charge in [-0.3, -0.25) is 4.79 Å². The number of nitrogens with zero attached hydrogens (tertiary/aromatic N) is 1. The molecule has 3 amide bonds. The molecule has 0 aliphatic carbocycles. The molecule has 1 fully saturated rings. The first-order chi connectivity index (χ1) is 14.0. The quantitative estimate of drug-likeness (QED) is 0.732. The van der Waals surface area contributed by atoms with E-state index < -0.39 is 0 Å². The van der Waals surface area contributed by atoms with Crippen LogP contribution in [-0.2, 0) is 4.79 Å². The van der Waals surface area contributed by atoms with Gasteiger partial charge in [0.25, 0.3) is 0 Å². The average Bonchev–Trinajstić information content (AvgIpc) is 2.74. The van der Waals surface area contributed by atoms with Crippen LogP contribution in [0, 0.1) is 11.8 Å². The van der Waals surface area contributed by atoms with Crippen LogP contribution in [0.3, 0.4) is 0 Å². The Morgan fingerprint density at radius 3 is 2.38 bits per heavy atom. The summed E-state index contributed by atoms with van der Waals surface area (Å²) in [4.78, 5) is 26.9. The van der Waals surface area contributed by atoms with Crippen LogP contribution in [-0.4, -0.2) is 37.0 Å². The van der Waals surface area contributed by atoms with Gasteiger partial charge >= 0.3 is 6.03 Å². The number of ether oxygens (including phenoxy) is 1. The Bertz CT molecular complexity index is 852. The molecule has 0 bridgehead atoms. The summed E-state index contributed by atoms with van der Waals surface area (Å²) in [5, 5.41) is 6.29. The maximum absolute atomic E-state index is 12.7. The maximum Gasteiger partial charge on any atom is 0.321 e. The number of hydrogen-bond donors (Lipinski definition) is 2. The molecule has 2 aromatic carbocycles. The summed E-state index contributed by atoms with van der Waals surface area (Å²) in [5.74, 6) is 0.594. The van der Waals surface area contributed by atoms with Gasteiger partial charge < -0.3 is 20.3 Å². The summed E-state index contributed by atoms with van der Waals surface area (Å²) >= 11 is 6.13. The first kappa shape index (κ1) is 21.0. The van der Waals surface area contributed by atoms with Crippen molar-refractivity contribution in [2.45, 2.75) is 19.8 Å². The van der Waals surface area contributed by atoms with Gasteiger partial charge in [0.1, 0.15) is 5.75 Å². The van der Waals surface area contributed by atoms with Crippen LogP contribution in [0.15, 0.2) is 48.5 Å². The van der Waals surface area contributed by atoms with Crippen molar-refractivity contribution in [1.29, 1.82) is 0 Å². The third-order valence-corrected chi connectivity index (χ3v) is 5.69.